The first-order valence-electron chi connectivity index (χ1n) is 5.04. The van der Waals surface area contributed by atoms with Crippen molar-refractivity contribution in [1.29, 1.82) is 0 Å². The van der Waals surface area contributed by atoms with Gasteiger partial charge in [0, 0.05) is 29.3 Å². The molecule has 2 heteroatoms. The number of allylic oxidation sites excluding steroid dienone is 2. The quantitative estimate of drug-likeness (QED) is 0.643. The molecule has 0 aliphatic heterocycles. The zero-order valence-corrected chi connectivity index (χ0v) is 10.6. The smallest absolute Gasteiger partial charge is 0.0415 e. The molecular weight excluding hydrogens is 172 g/mol. The van der Waals surface area contributed by atoms with Gasteiger partial charge in [-0.05, 0) is 6.08 Å². The zero-order valence-electron chi connectivity index (χ0n) is 10.6. The van der Waals surface area contributed by atoms with Crippen LogP contribution in [-0.4, -0.2) is 12.8 Å². The van der Waals surface area contributed by atoms with E-state index in [4.69, 9.17) is 5.73 Å². The molecule has 0 unspecified atom stereocenters. The molecule has 0 aliphatic carbocycles. The highest BCUT2D eigenvalue weighted by atomic mass is 14.7. The Balaban J connectivity index is 4.99. The fourth-order valence-electron chi connectivity index (χ4n) is 0.980. The first-order chi connectivity index (χ1) is 6.09. The van der Waals surface area contributed by atoms with Crippen LogP contribution >= 0.6 is 0 Å². The predicted octanol–water partition coefficient (Wildman–Crippen LogP) is 2.99. The summed E-state index contributed by atoms with van der Waals surface area (Å²) in [6.07, 6.45) is 2.00. The van der Waals surface area contributed by atoms with E-state index in [9.17, 15) is 0 Å². The van der Waals surface area contributed by atoms with E-state index in [0.29, 0.717) is 0 Å². The number of nitrogens with two attached hydrogens (primary N) is 1. The zero-order chi connectivity index (χ0) is 11.6. The van der Waals surface area contributed by atoms with E-state index in [2.05, 4.69) is 46.5 Å². The third-order valence-electron chi connectivity index (χ3n) is 2.17. The lowest BCUT2D eigenvalue weighted by Gasteiger charge is -2.23. The molecule has 0 aromatic carbocycles. The van der Waals surface area contributed by atoms with Gasteiger partial charge < -0.3 is 5.73 Å². The van der Waals surface area contributed by atoms with Crippen LogP contribution in [-0.2, 0) is 0 Å². The maximum Gasteiger partial charge on any atom is 0.0415 e. The summed E-state index contributed by atoms with van der Waals surface area (Å²) in [5.74, 6) is 0. The molecule has 0 fully saturated rings. The molecule has 82 valence electrons. The molecule has 0 saturated heterocycles. The van der Waals surface area contributed by atoms with Gasteiger partial charge in [0.25, 0.3) is 0 Å². The minimum Gasteiger partial charge on any atom is -0.402 e. The van der Waals surface area contributed by atoms with Gasteiger partial charge in [-0.1, -0.05) is 41.5 Å². The highest BCUT2D eigenvalue weighted by molar-refractivity contribution is 5.99. The Bertz CT molecular complexity index is 246. The van der Waals surface area contributed by atoms with Crippen molar-refractivity contribution < 1.29 is 0 Å². The first-order valence-corrected chi connectivity index (χ1v) is 5.04. The van der Waals surface area contributed by atoms with Crippen molar-refractivity contribution in [3.63, 3.8) is 0 Å². The van der Waals surface area contributed by atoms with Gasteiger partial charge in [-0.3, -0.25) is 4.99 Å². The molecular formula is C12H24N2. The largest absolute Gasteiger partial charge is 0.402 e. The molecule has 0 radical (unpaired) electrons. The number of hydrogen-bond donors (Lipinski definition) is 1. The Hall–Kier alpha value is -0.790. The lowest BCUT2D eigenvalue weighted by atomic mass is 9.85. The molecule has 2 N–H and O–H groups in total. The number of hydrogen-bond acceptors (Lipinski definition) is 2. The minimum atomic E-state index is 0.0151. The summed E-state index contributed by atoms with van der Waals surface area (Å²) in [6, 6.07) is 0. The summed E-state index contributed by atoms with van der Waals surface area (Å²) in [5.41, 5.74) is 8.01. The van der Waals surface area contributed by atoms with Crippen LogP contribution in [0.1, 0.15) is 41.5 Å². The number of rotatable bonds is 1. The van der Waals surface area contributed by atoms with Gasteiger partial charge in [0.1, 0.15) is 0 Å². The van der Waals surface area contributed by atoms with Crippen molar-refractivity contribution in [3.05, 3.63) is 11.8 Å². The van der Waals surface area contributed by atoms with E-state index in [-0.39, 0.29) is 10.8 Å². The standard InChI is InChI=1S/C12H24N2/c1-11(2,3)9(13)8-10(14-7)12(4,5)6/h8H,13H2,1-7H3. The van der Waals surface area contributed by atoms with Gasteiger partial charge in [0.2, 0.25) is 0 Å². The molecule has 0 aromatic rings. The van der Waals surface area contributed by atoms with Crippen LogP contribution in [0.3, 0.4) is 0 Å². The Kier molecular flexibility index (Phi) is 3.92. The van der Waals surface area contributed by atoms with Crippen LogP contribution in [0.5, 0.6) is 0 Å². The molecule has 2 nitrogen and oxygen atoms in total. The second kappa shape index (κ2) is 4.16. The normalized spacial score (nSPS) is 15.9. The van der Waals surface area contributed by atoms with Crippen LogP contribution in [0.15, 0.2) is 16.8 Å². The van der Waals surface area contributed by atoms with Gasteiger partial charge in [0.15, 0.2) is 0 Å². The van der Waals surface area contributed by atoms with Gasteiger partial charge >= 0.3 is 0 Å². The molecule has 0 spiro atoms. The second-order valence-corrected chi connectivity index (χ2v) is 5.71. The Morgan fingerprint density at radius 2 is 1.43 bits per heavy atom. The Morgan fingerprint density at radius 1 is 1.00 bits per heavy atom. The Morgan fingerprint density at radius 3 is 1.64 bits per heavy atom. The molecule has 14 heavy (non-hydrogen) atoms. The summed E-state index contributed by atoms with van der Waals surface area (Å²) in [7, 11) is 1.81. The minimum absolute atomic E-state index is 0.0151. The summed E-state index contributed by atoms with van der Waals surface area (Å²) in [5, 5.41) is 0. The van der Waals surface area contributed by atoms with Gasteiger partial charge in [-0.25, -0.2) is 0 Å². The fraction of sp³-hybridized carbons (Fsp3) is 0.750. The van der Waals surface area contributed by atoms with E-state index in [1.807, 2.05) is 13.1 Å². The third kappa shape index (κ3) is 3.95. The topological polar surface area (TPSA) is 38.4 Å². The van der Waals surface area contributed by atoms with E-state index in [0.717, 1.165) is 11.4 Å². The second-order valence-electron chi connectivity index (χ2n) is 5.71. The Labute approximate surface area is 88.3 Å². The lowest BCUT2D eigenvalue weighted by Crippen LogP contribution is -2.24. The molecule has 0 saturated carbocycles. The summed E-state index contributed by atoms with van der Waals surface area (Å²) >= 11 is 0. The highest BCUT2D eigenvalue weighted by Crippen LogP contribution is 2.24. The van der Waals surface area contributed by atoms with Gasteiger partial charge in [-0.15, -0.1) is 0 Å². The maximum absolute atomic E-state index is 6.00. The van der Waals surface area contributed by atoms with Crippen LogP contribution in [0.2, 0.25) is 0 Å². The average molecular weight is 196 g/mol. The monoisotopic (exact) mass is 196 g/mol. The van der Waals surface area contributed by atoms with Crippen molar-refractivity contribution in [2.75, 3.05) is 7.05 Å². The van der Waals surface area contributed by atoms with E-state index >= 15 is 0 Å². The molecule has 0 amide bonds. The van der Waals surface area contributed by atoms with Crippen molar-refractivity contribution in [3.8, 4) is 0 Å². The van der Waals surface area contributed by atoms with Crippen molar-refractivity contribution >= 4 is 5.71 Å². The summed E-state index contributed by atoms with van der Waals surface area (Å²) < 4.78 is 0. The summed E-state index contributed by atoms with van der Waals surface area (Å²) in [4.78, 5) is 4.27. The molecule has 0 heterocycles. The number of aliphatic imine (C=N–C) groups is 1. The van der Waals surface area contributed by atoms with Gasteiger partial charge in [-0.2, -0.15) is 0 Å². The van der Waals surface area contributed by atoms with E-state index in [1.54, 1.807) is 0 Å². The highest BCUT2D eigenvalue weighted by Gasteiger charge is 2.20. The molecule has 0 aliphatic rings. The SMILES string of the molecule is CN=C(C=C(N)C(C)(C)C)C(C)(C)C. The molecule has 0 atom stereocenters. The summed E-state index contributed by atoms with van der Waals surface area (Å²) in [6.45, 7) is 12.7. The van der Waals surface area contributed by atoms with Crippen LogP contribution in [0, 0.1) is 10.8 Å². The lowest BCUT2D eigenvalue weighted by molar-refractivity contribution is 0.496. The van der Waals surface area contributed by atoms with Crippen molar-refractivity contribution in [1.82, 2.24) is 0 Å². The molecule has 0 bridgehead atoms. The van der Waals surface area contributed by atoms with Crippen LogP contribution in [0.4, 0.5) is 0 Å². The van der Waals surface area contributed by atoms with Crippen LogP contribution in [0.25, 0.3) is 0 Å². The van der Waals surface area contributed by atoms with Crippen molar-refractivity contribution in [2.45, 2.75) is 41.5 Å². The molecule has 0 rings (SSSR count). The van der Waals surface area contributed by atoms with Crippen molar-refractivity contribution in [2.24, 2.45) is 21.6 Å². The molecule has 0 aromatic heterocycles. The maximum atomic E-state index is 6.00. The van der Waals surface area contributed by atoms with E-state index < -0.39 is 0 Å². The van der Waals surface area contributed by atoms with Gasteiger partial charge in [0.05, 0.1) is 0 Å². The number of nitrogens with zero attached hydrogens (tertiary/aromatic N) is 1. The average Bonchev–Trinajstić information content (AvgIpc) is 1.95. The predicted molar refractivity (Wildman–Crippen MR) is 64.5 cm³/mol. The van der Waals surface area contributed by atoms with E-state index in [1.165, 1.54) is 0 Å². The fourth-order valence-corrected chi connectivity index (χ4v) is 0.980. The first kappa shape index (κ1) is 13.2. The third-order valence-corrected chi connectivity index (χ3v) is 2.17. The van der Waals surface area contributed by atoms with Crippen LogP contribution < -0.4 is 5.73 Å².